The average molecular weight is 450 g/mol. The zero-order valence-electron chi connectivity index (χ0n) is 18.5. The second kappa shape index (κ2) is 8.71. The maximum Gasteiger partial charge on any atom is 0.229 e. The molecule has 0 fully saturated rings. The van der Waals surface area contributed by atoms with Crippen molar-refractivity contribution >= 4 is 15.7 Å². The van der Waals surface area contributed by atoms with Crippen LogP contribution in [0.3, 0.4) is 0 Å². The van der Waals surface area contributed by atoms with Crippen LogP contribution in [0.1, 0.15) is 42.1 Å². The lowest BCUT2D eigenvalue weighted by molar-refractivity contribution is 0.242. The summed E-state index contributed by atoms with van der Waals surface area (Å²) in [6, 6.07) is 19.6. The molecule has 3 aromatic carbocycles. The van der Waals surface area contributed by atoms with Crippen LogP contribution >= 0.6 is 0 Å². The van der Waals surface area contributed by atoms with Crippen LogP contribution in [-0.2, 0) is 10.0 Å². The molecule has 0 radical (unpaired) electrons. The van der Waals surface area contributed by atoms with Crippen molar-refractivity contribution < 1.29 is 17.9 Å². The molecular weight excluding hydrogens is 422 g/mol. The molecule has 4 rings (SSSR count). The monoisotopic (exact) mass is 449 g/mol. The number of anilines is 1. The number of fused-ring (bicyclic) bond motifs is 3. The highest BCUT2D eigenvalue weighted by Gasteiger charge is 2.30. The second-order valence-corrected chi connectivity index (χ2v) is 9.85. The molecule has 2 unspecified atom stereocenters. The number of hydrogen-bond donors (Lipinski definition) is 1. The highest BCUT2D eigenvalue weighted by molar-refractivity contribution is 7.92. The van der Waals surface area contributed by atoms with Gasteiger partial charge in [0.2, 0.25) is 10.0 Å². The zero-order chi connectivity index (χ0) is 22.9. The molecule has 1 N–H and O–H groups in total. The number of sulfonamides is 1. The molecule has 0 bridgehead atoms. The van der Waals surface area contributed by atoms with Gasteiger partial charge in [0.25, 0.3) is 0 Å². The number of allylic oxidation sites excluding steroid dienone is 1. The minimum absolute atomic E-state index is 0.380. The van der Waals surface area contributed by atoms with E-state index in [-0.39, 0.29) is 6.10 Å². The highest BCUT2D eigenvalue weighted by atomic mass is 32.2. The Bertz CT molecular complexity index is 1250. The topological polar surface area (TPSA) is 64.6 Å². The molecule has 1 aliphatic rings. The van der Waals surface area contributed by atoms with Gasteiger partial charge < -0.3 is 9.47 Å². The summed E-state index contributed by atoms with van der Waals surface area (Å²) in [5.41, 5.74) is 5.42. The van der Waals surface area contributed by atoms with Crippen LogP contribution in [0.2, 0.25) is 0 Å². The molecule has 0 spiro atoms. The standard InChI is InChI=1S/C26H27NO4S/c1-5-7-17(2)18-10-12-19(13-11-18)26-22-16-20(27-32(4,28)29)14-15-21(22)25-23(30-3)8-6-9-24(25)31-26/h5-6,8-17,26-27H,1,7H2,2-4H3. The van der Waals surface area contributed by atoms with Crippen molar-refractivity contribution in [2.75, 3.05) is 18.1 Å². The van der Waals surface area contributed by atoms with E-state index >= 15 is 0 Å². The quantitative estimate of drug-likeness (QED) is 0.457. The normalized spacial score (nSPS) is 15.7. The second-order valence-electron chi connectivity index (χ2n) is 8.10. The fraction of sp³-hybridized carbons (Fsp3) is 0.231. The molecule has 32 heavy (non-hydrogen) atoms. The highest BCUT2D eigenvalue weighted by Crippen LogP contribution is 2.49. The van der Waals surface area contributed by atoms with E-state index in [1.807, 2.05) is 36.4 Å². The smallest absolute Gasteiger partial charge is 0.229 e. The van der Waals surface area contributed by atoms with E-state index in [0.717, 1.165) is 40.7 Å². The Labute approximate surface area is 189 Å². The van der Waals surface area contributed by atoms with Crippen molar-refractivity contribution in [1.82, 2.24) is 0 Å². The lowest BCUT2D eigenvalue weighted by atomic mass is 9.88. The van der Waals surface area contributed by atoms with Gasteiger partial charge in [0.1, 0.15) is 17.6 Å². The third kappa shape index (κ3) is 4.36. The van der Waals surface area contributed by atoms with Gasteiger partial charge in [0.15, 0.2) is 0 Å². The maximum atomic E-state index is 11.8. The Balaban J connectivity index is 1.82. The number of ether oxygens (including phenoxy) is 2. The number of rotatable bonds is 7. The molecule has 0 saturated heterocycles. The minimum atomic E-state index is -3.40. The molecule has 6 heteroatoms. The zero-order valence-corrected chi connectivity index (χ0v) is 19.3. The van der Waals surface area contributed by atoms with Crippen molar-refractivity contribution in [3.8, 4) is 22.6 Å². The predicted molar refractivity (Wildman–Crippen MR) is 129 cm³/mol. The summed E-state index contributed by atoms with van der Waals surface area (Å²) in [6.45, 7) is 6.01. The van der Waals surface area contributed by atoms with Gasteiger partial charge in [0.05, 0.1) is 18.9 Å². The van der Waals surface area contributed by atoms with Gasteiger partial charge >= 0.3 is 0 Å². The summed E-state index contributed by atoms with van der Waals surface area (Å²) in [4.78, 5) is 0. The van der Waals surface area contributed by atoms with E-state index in [1.54, 1.807) is 13.2 Å². The molecule has 2 atom stereocenters. The van der Waals surface area contributed by atoms with Crippen LogP contribution < -0.4 is 14.2 Å². The van der Waals surface area contributed by atoms with Crippen molar-refractivity contribution in [3.63, 3.8) is 0 Å². The van der Waals surface area contributed by atoms with E-state index in [1.165, 1.54) is 5.56 Å². The minimum Gasteiger partial charge on any atom is -0.496 e. The Morgan fingerprint density at radius 3 is 2.56 bits per heavy atom. The number of benzene rings is 3. The molecule has 0 aliphatic carbocycles. The van der Waals surface area contributed by atoms with Crippen molar-refractivity contribution in [2.45, 2.75) is 25.4 Å². The van der Waals surface area contributed by atoms with Crippen LogP contribution in [0.5, 0.6) is 11.5 Å². The van der Waals surface area contributed by atoms with Gasteiger partial charge in [-0.2, -0.15) is 0 Å². The van der Waals surface area contributed by atoms with Crippen molar-refractivity contribution in [2.24, 2.45) is 0 Å². The third-order valence-corrected chi connectivity index (χ3v) is 6.29. The first-order valence-electron chi connectivity index (χ1n) is 10.5. The summed E-state index contributed by atoms with van der Waals surface area (Å²) in [5.74, 6) is 1.83. The first kappa shape index (κ1) is 22.0. The van der Waals surface area contributed by atoms with Crippen molar-refractivity contribution in [3.05, 3.63) is 90.0 Å². The first-order valence-corrected chi connectivity index (χ1v) is 12.4. The summed E-state index contributed by atoms with van der Waals surface area (Å²) >= 11 is 0. The first-order chi connectivity index (χ1) is 15.3. The van der Waals surface area contributed by atoms with Crippen LogP contribution in [0, 0.1) is 0 Å². The van der Waals surface area contributed by atoms with E-state index in [2.05, 4.69) is 42.5 Å². The van der Waals surface area contributed by atoms with E-state index in [9.17, 15) is 8.42 Å². The summed E-state index contributed by atoms with van der Waals surface area (Å²) in [6.07, 6.45) is 3.60. The lowest BCUT2D eigenvalue weighted by Gasteiger charge is -2.30. The number of hydrogen-bond acceptors (Lipinski definition) is 4. The van der Waals surface area contributed by atoms with Crippen LogP contribution in [-0.4, -0.2) is 21.8 Å². The summed E-state index contributed by atoms with van der Waals surface area (Å²) < 4.78 is 38.2. The predicted octanol–water partition coefficient (Wildman–Crippen LogP) is 5.90. The summed E-state index contributed by atoms with van der Waals surface area (Å²) in [7, 11) is -1.77. The fourth-order valence-corrected chi connectivity index (χ4v) is 4.71. The van der Waals surface area contributed by atoms with Gasteiger partial charge in [-0.15, -0.1) is 6.58 Å². The van der Waals surface area contributed by atoms with Gasteiger partial charge in [-0.1, -0.05) is 49.4 Å². The molecule has 1 heterocycles. The Morgan fingerprint density at radius 1 is 1.16 bits per heavy atom. The number of nitrogens with one attached hydrogen (secondary N) is 1. The number of methoxy groups -OCH3 is 1. The Hall–Kier alpha value is -3.25. The Kier molecular flexibility index (Phi) is 5.98. The molecule has 0 aromatic heterocycles. The van der Waals surface area contributed by atoms with Crippen LogP contribution in [0.25, 0.3) is 11.1 Å². The molecule has 5 nitrogen and oxygen atoms in total. The van der Waals surface area contributed by atoms with Crippen LogP contribution in [0.4, 0.5) is 5.69 Å². The van der Waals surface area contributed by atoms with Gasteiger partial charge in [-0.3, -0.25) is 4.72 Å². The van der Waals surface area contributed by atoms with E-state index < -0.39 is 10.0 Å². The maximum absolute atomic E-state index is 11.8. The average Bonchev–Trinajstić information content (AvgIpc) is 2.77. The van der Waals surface area contributed by atoms with Gasteiger partial charge in [-0.05, 0) is 53.3 Å². The molecular formula is C26H27NO4S. The van der Waals surface area contributed by atoms with E-state index in [0.29, 0.717) is 17.4 Å². The van der Waals surface area contributed by atoms with E-state index in [4.69, 9.17) is 9.47 Å². The van der Waals surface area contributed by atoms with Crippen molar-refractivity contribution in [1.29, 1.82) is 0 Å². The molecule has 3 aromatic rings. The molecule has 0 amide bonds. The SMILES string of the molecule is C=CCC(C)c1ccc(C2Oc3cccc(OC)c3-c3ccc(NS(C)(=O)=O)cc32)cc1. The van der Waals surface area contributed by atoms with Crippen LogP contribution in [0.15, 0.2) is 73.3 Å². The Morgan fingerprint density at radius 2 is 1.91 bits per heavy atom. The molecule has 1 aliphatic heterocycles. The fourth-order valence-electron chi connectivity index (χ4n) is 4.15. The largest absolute Gasteiger partial charge is 0.496 e. The third-order valence-electron chi connectivity index (χ3n) is 5.69. The molecule has 0 saturated carbocycles. The van der Waals surface area contributed by atoms with Gasteiger partial charge in [0, 0.05) is 11.3 Å². The lowest BCUT2D eigenvalue weighted by Crippen LogP contribution is -2.17. The summed E-state index contributed by atoms with van der Waals surface area (Å²) in [5, 5.41) is 0. The molecule has 166 valence electrons. The van der Waals surface area contributed by atoms with Gasteiger partial charge in [-0.25, -0.2) is 8.42 Å².